The fourth-order valence-electron chi connectivity index (χ4n) is 1.41. The van der Waals surface area contributed by atoms with E-state index >= 15 is 0 Å². The maximum absolute atomic E-state index is 9.76. The molecule has 88 valence electrons. The van der Waals surface area contributed by atoms with Gasteiger partial charge in [-0.15, -0.1) is 0 Å². The second-order valence-corrected chi connectivity index (χ2v) is 3.45. The molecular weight excluding hydrogens is 220 g/mol. The minimum absolute atomic E-state index is 0.163. The summed E-state index contributed by atoms with van der Waals surface area (Å²) in [6.07, 6.45) is -2.49. The first-order valence-electron chi connectivity index (χ1n) is 4.95. The Balaban J connectivity index is 3.01. The Morgan fingerprint density at radius 2 is 2.06 bits per heavy atom. The molecule has 5 nitrogen and oxygen atoms in total. The van der Waals surface area contributed by atoms with Crippen LogP contribution in [0.1, 0.15) is 23.7 Å². The Morgan fingerprint density at radius 3 is 2.59 bits per heavy atom. The number of benzene rings is 1. The van der Waals surface area contributed by atoms with E-state index in [4.69, 9.17) is 15.3 Å². The summed E-state index contributed by atoms with van der Waals surface area (Å²) >= 11 is 0. The molecule has 2 N–H and O–H groups in total. The zero-order chi connectivity index (χ0) is 12.8. The zero-order valence-electron chi connectivity index (χ0n) is 9.29. The van der Waals surface area contributed by atoms with Gasteiger partial charge in [-0.1, -0.05) is 6.07 Å². The Morgan fingerprint density at radius 1 is 1.35 bits per heavy atom. The smallest absolute Gasteiger partial charge is 0.136 e. The Hall–Kier alpha value is -2.08. The molecule has 0 saturated heterocycles. The van der Waals surface area contributed by atoms with Gasteiger partial charge < -0.3 is 14.9 Å². The van der Waals surface area contributed by atoms with Gasteiger partial charge in [-0.05, 0) is 17.7 Å². The monoisotopic (exact) mass is 232 g/mol. The Bertz CT molecular complexity index is 474. The number of ether oxygens (including phenoxy) is 1. The summed E-state index contributed by atoms with van der Waals surface area (Å²) in [4.78, 5) is 0. The molecule has 0 bridgehead atoms. The molecule has 0 aromatic heterocycles. The highest BCUT2D eigenvalue weighted by atomic mass is 16.5. The quantitative estimate of drug-likeness (QED) is 0.802. The lowest BCUT2D eigenvalue weighted by Crippen LogP contribution is -2.17. The van der Waals surface area contributed by atoms with Crippen molar-refractivity contribution in [2.24, 2.45) is 0 Å². The first-order valence-corrected chi connectivity index (χ1v) is 4.95. The van der Waals surface area contributed by atoms with Crippen molar-refractivity contribution in [1.82, 2.24) is 0 Å². The number of aliphatic hydroxyl groups is 2. The fraction of sp³-hybridized carbons (Fsp3) is 0.333. The minimum atomic E-state index is -1.17. The van der Waals surface area contributed by atoms with E-state index in [-0.39, 0.29) is 6.42 Å². The number of hydrogen-bond acceptors (Lipinski definition) is 5. The van der Waals surface area contributed by atoms with E-state index in [1.807, 2.05) is 6.07 Å². The summed E-state index contributed by atoms with van der Waals surface area (Å²) in [6, 6.07) is 8.21. The van der Waals surface area contributed by atoms with Crippen LogP contribution in [0.3, 0.4) is 0 Å². The van der Waals surface area contributed by atoms with Crippen LogP contribution in [-0.2, 0) is 0 Å². The summed E-state index contributed by atoms with van der Waals surface area (Å²) < 4.78 is 4.99. The van der Waals surface area contributed by atoms with Crippen molar-refractivity contribution < 1.29 is 14.9 Å². The van der Waals surface area contributed by atoms with Gasteiger partial charge in [0.05, 0.1) is 31.3 Å². The maximum atomic E-state index is 9.76. The summed E-state index contributed by atoms with van der Waals surface area (Å²) in [5, 5.41) is 36.5. The number of methoxy groups -OCH3 is 1. The lowest BCUT2D eigenvalue weighted by molar-refractivity contribution is 0.0215. The average Bonchev–Trinajstić information content (AvgIpc) is 2.37. The molecule has 0 aliphatic carbocycles. The van der Waals surface area contributed by atoms with Gasteiger partial charge in [-0.2, -0.15) is 10.5 Å². The number of hydrogen-bond donors (Lipinski definition) is 2. The van der Waals surface area contributed by atoms with Gasteiger partial charge in [0, 0.05) is 0 Å². The minimum Gasteiger partial charge on any atom is -0.495 e. The van der Waals surface area contributed by atoms with Crippen molar-refractivity contribution in [2.75, 3.05) is 7.11 Å². The zero-order valence-corrected chi connectivity index (χ0v) is 9.29. The topological polar surface area (TPSA) is 97.3 Å². The Kier molecular flexibility index (Phi) is 4.47. The molecule has 0 aliphatic rings. The van der Waals surface area contributed by atoms with Gasteiger partial charge in [0.25, 0.3) is 0 Å². The van der Waals surface area contributed by atoms with Crippen molar-refractivity contribution >= 4 is 0 Å². The molecule has 0 radical (unpaired) electrons. The van der Waals surface area contributed by atoms with Crippen LogP contribution in [0.4, 0.5) is 0 Å². The molecule has 2 unspecified atom stereocenters. The van der Waals surface area contributed by atoms with Crippen molar-refractivity contribution in [3.8, 4) is 17.9 Å². The third-order valence-corrected chi connectivity index (χ3v) is 2.35. The van der Waals surface area contributed by atoms with Crippen LogP contribution in [0.15, 0.2) is 18.2 Å². The van der Waals surface area contributed by atoms with Crippen molar-refractivity contribution in [3.63, 3.8) is 0 Å². The summed E-state index contributed by atoms with van der Waals surface area (Å²) in [5.74, 6) is 0.327. The number of nitriles is 2. The van der Waals surface area contributed by atoms with Crippen LogP contribution in [0, 0.1) is 22.7 Å². The molecule has 5 heteroatoms. The molecular formula is C12H12N2O3. The van der Waals surface area contributed by atoms with Crippen molar-refractivity contribution in [2.45, 2.75) is 18.6 Å². The van der Waals surface area contributed by atoms with Crippen LogP contribution in [0.5, 0.6) is 5.75 Å². The van der Waals surface area contributed by atoms with Crippen LogP contribution >= 0.6 is 0 Å². The molecule has 1 aromatic carbocycles. The van der Waals surface area contributed by atoms with Crippen LogP contribution in [0.2, 0.25) is 0 Å². The molecule has 0 spiro atoms. The predicted octanol–water partition coefficient (Wildman–Crippen LogP) is 0.875. The highest BCUT2D eigenvalue weighted by Gasteiger charge is 2.19. The first kappa shape index (κ1) is 13.0. The van der Waals surface area contributed by atoms with E-state index in [1.165, 1.54) is 25.3 Å². The van der Waals surface area contributed by atoms with E-state index in [9.17, 15) is 10.2 Å². The molecule has 1 rings (SSSR count). The van der Waals surface area contributed by atoms with Crippen molar-refractivity contribution in [1.29, 1.82) is 10.5 Å². The normalized spacial score (nSPS) is 13.2. The van der Waals surface area contributed by atoms with Gasteiger partial charge in [0.15, 0.2) is 0 Å². The highest BCUT2D eigenvalue weighted by Crippen LogP contribution is 2.25. The lowest BCUT2D eigenvalue weighted by atomic mass is 10.0. The molecule has 0 fully saturated rings. The summed E-state index contributed by atoms with van der Waals surface area (Å²) in [5.41, 5.74) is 0.752. The van der Waals surface area contributed by atoms with Crippen LogP contribution < -0.4 is 4.74 Å². The van der Waals surface area contributed by atoms with Gasteiger partial charge in [-0.25, -0.2) is 0 Å². The largest absolute Gasteiger partial charge is 0.495 e. The predicted molar refractivity (Wildman–Crippen MR) is 58.9 cm³/mol. The highest BCUT2D eigenvalue weighted by molar-refractivity contribution is 5.45. The van der Waals surface area contributed by atoms with E-state index < -0.39 is 12.2 Å². The van der Waals surface area contributed by atoms with Gasteiger partial charge >= 0.3 is 0 Å². The van der Waals surface area contributed by atoms with E-state index in [0.717, 1.165) is 0 Å². The molecule has 2 atom stereocenters. The third-order valence-electron chi connectivity index (χ3n) is 2.35. The number of nitrogens with zero attached hydrogens (tertiary/aromatic N) is 2. The van der Waals surface area contributed by atoms with Crippen LogP contribution in [0.25, 0.3) is 0 Å². The maximum Gasteiger partial charge on any atom is 0.136 e. The summed E-state index contributed by atoms with van der Waals surface area (Å²) in [6.45, 7) is 0. The lowest BCUT2D eigenvalue weighted by Gasteiger charge is -2.16. The second kappa shape index (κ2) is 5.86. The molecule has 0 saturated carbocycles. The molecule has 0 aliphatic heterocycles. The first-order chi connectivity index (χ1) is 8.13. The number of rotatable bonds is 4. The van der Waals surface area contributed by atoms with Gasteiger partial charge in [0.2, 0.25) is 0 Å². The molecule has 0 heterocycles. The number of aliphatic hydroxyl groups excluding tert-OH is 2. The summed E-state index contributed by atoms with van der Waals surface area (Å²) in [7, 11) is 1.41. The van der Waals surface area contributed by atoms with Crippen LogP contribution in [-0.4, -0.2) is 23.4 Å². The Labute approximate surface area is 99.1 Å². The second-order valence-electron chi connectivity index (χ2n) is 3.45. The van der Waals surface area contributed by atoms with E-state index in [2.05, 4.69) is 0 Å². The molecule has 17 heavy (non-hydrogen) atoms. The average molecular weight is 232 g/mol. The van der Waals surface area contributed by atoms with E-state index in [1.54, 1.807) is 6.07 Å². The fourth-order valence-corrected chi connectivity index (χ4v) is 1.41. The van der Waals surface area contributed by atoms with Crippen molar-refractivity contribution in [3.05, 3.63) is 29.3 Å². The van der Waals surface area contributed by atoms with Gasteiger partial charge in [-0.3, -0.25) is 0 Å². The SMILES string of the molecule is COc1cc(C(O)C(O)CC#N)ccc1C#N. The standard InChI is InChI=1S/C12H12N2O3/c1-17-11-6-8(2-3-9(11)7-14)12(16)10(15)4-5-13/h2-3,6,10,12,15-16H,4H2,1H3. The van der Waals surface area contributed by atoms with Gasteiger partial charge in [0.1, 0.15) is 17.9 Å². The molecule has 1 aromatic rings. The van der Waals surface area contributed by atoms with E-state index in [0.29, 0.717) is 16.9 Å². The third kappa shape index (κ3) is 2.94. The molecule has 0 amide bonds.